The van der Waals surface area contributed by atoms with Gasteiger partial charge in [0.25, 0.3) is 0 Å². The van der Waals surface area contributed by atoms with Gasteiger partial charge in [0.15, 0.2) is 0 Å². The van der Waals surface area contributed by atoms with E-state index in [4.69, 9.17) is 5.11 Å². The van der Waals surface area contributed by atoms with E-state index >= 15 is 0 Å². The molecule has 1 unspecified atom stereocenters. The van der Waals surface area contributed by atoms with Crippen LogP contribution in [0.4, 0.5) is 0 Å². The summed E-state index contributed by atoms with van der Waals surface area (Å²) in [4.78, 5) is 10.7. The van der Waals surface area contributed by atoms with E-state index in [0.717, 1.165) is 0 Å². The number of hydrogen-bond donors (Lipinski definition) is 2. The number of rotatable bonds is 3. The SMILES string of the molecule is CC.CC(C)CNC(=O)C(C)O. The molecule has 0 aromatic heterocycles. The van der Waals surface area contributed by atoms with Crippen molar-refractivity contribution < 1.29 is 9.90 Å². The molecule has 0 aliphatic carbocycles. The van der Waals surface area contributed by atoms with Crippen molar-refractivity contribution in [3.05, 3.63) is 0 Å². The first-order valence-corrected chi connectivity index (χ1v) is 4.49. The number of amides is 1. The molecule has 0 aliphatic rings. The average molecular weight is 175 g/mol. The smallest absolute Gasteiger partial charge is 0.248 e. The van der Waals surface area contributed by atoms with Gasteiger partial charge in [-0.3, -0.25) is 4.79 Å². The zero-order valence-electron chi connectivity index (χ0n) is 8.72. The summed E-state index contributed by atoms with van der Waals surface area (Å²) < 4.78 is 0. The molecule has 3 heteroatoms. The highest BCUT2D eigenvalue weighted by atomic mass is 16.3. The summed E-state index contributed by atoms with van der Waals surface area (Å²) in [6.07, 6.45) is -0.890. The fraction of sp³-hybridized carbons (Fsp3) is 0.889. The number of aliphatic hydroxyl groups is 1. The van der Waals surface area contributed by atoms with E-state index in [0.29, 0.717) is 12.5 Å². The minimum absolute atomic E-state index is 0.297. The Hall–Kier alpha value is -0.570. The van der Waals surface area contributed by atoms with Gasteiger partial charge in [0, 0.05) is 6.54 Å². The van der Waals surface area contributed by atoms with Crippen molar-refractivity contribution in [2.45, 2.75) is 40.7 Å². The maximum atomic E-state index is 10.7. The van der Waals surface area contributed by atoms with Crippen LogP contribution in [0.3, 0.4) is 0 Å². The lowest BCUT2D eigenvalue weighted by Gasteiger charge is -2.08. The topological polar surface area (TPSA) is 49.3 Å². The Morgan fingerprint density at radius 2 is 1.75 bits per heavy atom. The van der Waals surface area contributed by atoms with Crippen LogP contribution in [0.5, 0.6) is 0 Å². The summed E-state index contributed by atoms with van der Waals surface area (Å²) in [5, 5.41) is 11.3. The molecule has 0 saturated heterocycles. The Morgan fingerprint density at radius 3 is 2.00 bits per heavy atom. The molecule has 74 valence electrons. The number of nitrogens with one attached hydrogen (secondary N) is 1. The first-order valence-electron chi connectivity index (χ1n) is 4.49. The predicted octanol–water partition coefficient (Wildman–Crippen LogP) is 1.17. The maximum Gasteiger partial charge on any atom is 0.248 e. The second-order valence-corrected chi connectivity index (χ2v) is 2.81. The van der Waals surface area contributed by atoms with Gasteiger partial charge < -0.3 is 10.4 Å². The molecule has 12 heavy (non-hydrogen) atoms. The third kappa shape index (κ3) is 9.43. The molecule has 3 nitrogen and oxygen atoms in total. The summed E-state index contributed by atoms with van der Waals surface area (Å²) in [7, 11) is 0. The molecule has 2 N–H and O–H groups in total. The van der Waals surface area contributed by atoms with Crippen LogP contribution in [0.25, 0.3) is 0 Å². The van der Waals surface area contributed by atoms with Crippen molar-refractivity contribution in [2.75, 3.05) is 6.54 Å². The van der Waals surface area contributed by atoms with Gasteiger partial charge >= 0.3 is 0 Å². The normalized spacial score (nSPS) is 11.6. The van der Waals surface area contributed by atoms with Crippen LogP contribution >= 0.6 is 0 Å². The van der Waals surface area contributed by atoms with E-state index in [1.165, 1.54) is 6.92 Å². The van der Waals surface area contributed by atoms with Crippen LogP contribution < -0.4 is 5.32 Å². The minimum atomic E-state index is -0.890. The van der Waals surface area contributed by atoms with E-state index < -0.39 is 6.10 Å². The quantitative estimate of drug-likeness (QED) is 0.676. The molecular weight excluding hydrogens is 154 g/mol. The van der Waals surface area contributed by atoms with E-state index in [-0.39, 0.29) is 5.91 Å². The fourth-order valence-electron chi connectivity index (χ4n) is 0.452. The van der Waals surface area contributed by atoms with Gasteiger partial charge in [0.05, 0.1) is 0 Å². The van der Waals surface area contributed by atoms with E-state index in [9.17, 15) is 4.79 Å². The molecule has 0 saturated carbocycles. The zero-order valence-corrected chi connectivity index (χ0v) is 8.72. The summed E-state index contributed by atoms with van der Waals surface area (Å²) in [5.41, 5.74) is 0. The first kappa shape index (κ1) is 14.0. The number of aliphatic hydroxyl groups excluding tert-OH is 1. The third-order valence-corrected chi connectivity index (χ3v) is 1.06. The average Bonchev–Trinajstić information content (AvgIpc) is 2.03. The lowest BCUT2D eigenvalue weighted by atomic mass is 10.2. The monoisotopic (exact) mass is 175 g/mol. The molecule has 0 aromatic carbocycles. The highest BCUT2D eigenvalue weighted by Gasteiger charge is 2.07. The van der Waals surface area contributed by atoms with Crippen molar-refractivity contribution in [2.24, 2.45) is 5.92 Å². The molecule has 0 spiro atoms. The number of hydrogen-bond acceptors (Lipinski definition) is 2. The third-order valence-electron chi connectivity index (χ3n) is 1.06. The van der Waals surface area contributed by atoms with E-state index in [1.54, 1.807) is 0 Å². The molecular formula is C9H21NO2. The Morgan fingerprint density at radius 1 is 1.33 bits per heavy atom. The summed E-state index contributed by atoms with van der Waals surface area (Å²) in [5.74, 6) is 0.136. The number of carbonyl (C=O) groups excluding carboxylic acids is 1. The Bertz CT molecular complexity index is 111. The lowest BCUT2D eigenvalue weighted by Crippen LogP contribution is -2.34. The van der Waals surface area contributed by atoms with E-state index in [2.05, 4.69) is 5.32 Å². The van der Waals surface area contributed by atoms with Gasteiger partial charge in [-0.1, -0.05) is 27.7 Å². The summed E-state index contributed by atoms with van der Waals surface area (Å²) in [6.45, 7) is 10.1. The van der Waals surface area contributed by atoms with Crippen molar-refractivity contribution in [1.82, 2.24) is 5.32 Å². The molecule has 0 aliphatic heterocycles. The maximum absolute atomic E-state index is 10.7. The molecule has 0 heterocycles. The van der Waals surface area contributed by atoms with Crippen molar-refractivity contribution in [1.29, 1.82) is 0 Å². The molecule has 0 radical (unpaired) electrons. The lowest BCUT2D eigenvalue weighted by molar-refractivity contribution is -0.128. The standard InChI is InChI=1S/C7H15NO2.C2H6/c1-5(2)4-8-7(10)6(3)9;1-2/h5-6,9H,4H2,1-3H3,(H,8,10);1-2H3. The van der Waals surface area contributed by atoms with Gasteiger partial charge in [-0.15, -0.1) is 0 Å². The van der Waals surface area contributed by atoms with Gasteiger partial charge in [-0.25, -0.2) is 0 Å². The molecule has 1 atom stereocenters. The second-order valence-electron chi connectivity index (χ2n) is 2.81. The molecule has 0 rings (SSSR count). The second kappa shape index (κ2) is 8.53. The Kier molecular flexibility index (Phi) is 9.93. The molecule has 1 amide bonds. The van der Waals surface area contributed by atoms with Crippen LogP contribution in [0, 0.1) is 5.92 Å². The first-order chi connectivity index (χ1) is 5.54. The highest BCUT2D eigenvalue weighted by Crippen LogP contribution is 1.87. The van der Waals surface area contributed by atoms with Crippen LogP contribution in [0.1, 0.15) is 34.6 Å². The zero-order chi connectivity index (χ0) is 10.1. The van der Waals surface area contributed by atoms with Crippen LogP contribution in [0.15, 0.2) is 0 Å². The predicted molar refractivity (Wildman–Crippen MR) is 50.9 cm³/mol. The molecule has 0 bridgehead atoms. The summed E-state index contributed by atoms with van der Waals surface area (Å²) in [6, 6.07) is 0. The molecule has 0 fully saturated rings. The van der Waals surface area contributed by atoms with Gasteiger partial charge in [0.1, 0.15) is 6.10 Å². The summed E-state index contributed by atoms with van der Waals surface area (Å²) >= 11 is 0. The van der Waals surface area contributed by atoms with Crippen LogP contribution in [-0.4, -0.2) is 23.7 Å². The minimum Gasteiger partial charge on any atom is -0.384 e. The molecule has 0 aromatic rings. The van der Waals surface area contributed by atoms with Gasteiger partial charge in [-0.2, -0.15) is 0 Å². The van der Waals surface area contributed by atoms with E-state index in [1.807, 2.05) is 27.7 Å². The largest absolute Gasteiger partial charge is 0.384 e. The van der Waals surface area contributed by atoms with Crippen molar-refractivity contribution in [3.8, 4) is 0 Å². The van der Waals surface area contributed by atoms with Gasteiger partial charge in [0.2, 0.25) is 5.91 Å². The number of carbonyl (C=O) groups is 1. The van der Waals surface area contributed by atoms with Crippen LogP contribution in [-0.2, 0) is 4.79 Å². The van der Waals surface area contributed by atoms with Crippen molar-refractivity contribution in [3.63, 3.8) is 0 Å². The highest BCUT2D eigenvalue weighted by molar-refractivity contribution is 5.79. The Balaban J connectivity index is 0. The van der Waals surface area contributed by atoms with Gasteiger partial charge in [-0.05, 0) is 12.8 Å². The van der Waals surface area contributed by atoms with Crippen LogP contribution in [0.2, 0.25) is 0 Å². The Labute approximate surface area is 75.2 Å². The fourth-order valence-corrected chi connectivity index (χ4v) is 0.452. The van der Waals surface area contributed by atoms with Crippen molar-refractivity contribution >= 4 is 5.91 Å².